The second-order valence-corrected chi connectivity index (χ2v) is 8.37. The fourth-order valence-electron chi connectivity index (χ4n) is 2.78. The molecule has 2 aromatic carbocycles. The molecule has 6 nitrogen and oxygen atoms in total. The first-order valence-corrected chi connectivity index (χ1v) is 11.3. The van der Waals surface area contributed by atoms with Gasteiger partial charge in [0.2, 0.25) is 15.9 Å². The molecule has 0 saturated carbocycles. The Morgan fingerprint density at radius 1 is 0.966 bits per heavy atom. The SMILES string of the molecule is CCN(CC)S(=O)(=O)c1ccc(C=CC(=O)NCCCNc2ccccc2)cc1. The van der Waals surface area contributed by atoms with Crippen molar-refractivity contribution in [2.75, 3.05) is 31.5 Å². The number of hydrogen-bond donors (Lipinski definition) is 2. The lowest BCUT2D eigenvalue weighted by Crippen LogP contribution is -2.30. The molecular formula is C22H29N3O3S. The maximum atomic E-state index is 12.5. The minimum absolute atomic E-state index is 0.176. The van der Waals surface area contributed by atoms with Crippen molar-refractivity contribution in [3.05, 3.63) is 66.2 Å². The van der Waals surface area contributed by atoms with Gasteiger partial charge >= 0.3 is 0 Å². The Labute approximate surface area is 173 Å². The minimum Gasteiger partial charge on any atom is -0.385 e. The van der Waals surface area contributed by atoms with Crippen LogP contribution in [-0.2, 0) is 14.8 Å². The van der Waals surface area contributed by atoms with Crippen molar-refractivity contribution in [2.24, 2.45) is 0 Å². The summed E-state index contributed by atoms with van der Waals surface area (Å²) < 4.78 is 26.4. The molecule has 2 rings (SSSR count). The molecule has 0 aliphatic heterocycles. The van der Waals surface area contributed by atoms with E-state index in [2.05, 4.69) is 10.6 Å². The van der Waals surface area contributed by atoms with E-state index >= 15 is 0 Å². The third-order valence-electron chi connectivity index (χ3n) is 4.41. The first-order valence-electron chi connectivity index (χ1n) is 9.82. The quantitative estimate of drug-likeness (QED) is 0.436. The molecule has 2 aromatic rings. The third kappa shape index (κ3) is 7.03. The molecule has 0 atom stereocenters. The van der Waals surface area contributed by atoms with E-state index in [4.69, 9.17) is 0 Å². The highest BCUT2D eigenvalue weighted by Gasteiger charge is 2.20. The summed E-state index contributed by atoms with van der Waals surface area (Å²) in [6, 6.07) is 16.4. The molecule has 0 heterocycles. The van der Waals surface area contributed by atoms with Crippen molar-refractivity contribution >= 4 is 27.7 Å². The van der Waals surface area contributed by atoms with Crippen LogP contribution < -0.4 is 10.6 Å². The van der Waals surface area contributed by atoms with Gasteiger partial charge in [-0.05, 0) is 42.3 Å². The van der Waals surface area contributed by atoms with Crippen LogP contribution in [0.25, 0.3) is 6.08 Å². The first kappa shape index (κ1) is 22.6. The predicted octanol–water partition coefficient (Wildman–Crippen LogP) is 3.35. The Balaban J connectivity index is 1.78. The Hall–Kier alpha value is -2.64. The number of carbonyl (C=O) groups excluding carboxylic acids is 1. The number of amides is 1. The van der Waals surface area contributed by atoms with Crippen molar-refractivity contribution < 1.29 is 13.2 Å². The van der Waals surface area contributed by atoms with E-state index < -0.39 is 10.0 Å². The van der Waals surface area contributed by atoms with Crippen LogP contribution in [0.4, 0.5) is 5.69 Å². The highest BCUT2D eigenvalue weighted by atomic mass is 32.2. The van der Waals surface area contributed by atoms with E-state index in [1.807, 2.05) is 44.2 Å². The van der Waals surface area contributed by atoms with Crippen LogP contribution in [0.3, 0.4) is 0 Å². The Morgan fingerprint density at radius 3 is 2.24 bits per heavy atom. The molecule has 1 amide bonds. The van der Waals surface area contributed by atoms with Crippen molar-refractivity contribution in [1.29, 1.82) is 0 Å². The molecule has 0 aliphatic carbocycles. The van der Waals surface area contributed by atoms with E-state index in [1.54, 1.807) is 30.3 Å². The van der Waals surface area contributed by atoms with Gasteiger partial charge in [-0.25, -0.2) is 8.42 Å². The van der Waals surface area contributed by atoms with Crippen molar-refractivity contribution in [2.45, 2.75) is 25.2 Å². The number of sulfonamides is 1. The molecule has 2 N–H and O–H groups in total. The first-order chi connectivity index (χ1) is 14.0. The molecule has 29 heavy (non-hydrogen) atoms. The molecule has 0 saturated heterocycles. The molecule has 0 unspecified atom stereocenters. The van der Waals surface area contributed by atoms with Gasteiger partial charge in [-0.15, -0.1) is 0 Å². The lowest BCUT2D eigenvalue weighted by atomic mass is 10.2. The average molecular weight is 416 g/mol. The van der Waals surface area contributed by atoms with Crippen LogP contribution in [0.5, 0.6) is 0 Å². The standard InChI is InChI=1S/C22H29N3O3S/c1-3-25(4-2)29(27,28)21-14-11-19(12-15-21)13-16-22(26)24-18-8-17-23-20-9-6-5-7-10-20/h5-7,9-16,23H,3-4,8,17-18H2,1-2H3,(H,24,26). The van der Waals surface area contributed by atoms with E-state index in [0.29, 0.717) is 19.6 Å². The second kappa shape index (κ2) is 11.4. The number of nitrogens with one attached hydrogen (secondary N) is 2. The van der Waals surface area contributed by atoms with E-state index in [9.17, 15) is 13.2 Å². The van der Waals surface area contributed by atoms with E-state index in [0.717, 1.165) is 24.2 Å². The smallest absolute Gasteiger partial charge is 0.244 e. The Kier molecular flexibility index (Phi) is 8.89. The molecule has 0 bridgehead atoms. The van der Waals surface area contributed by atoms with Crippen molar-refractivity contribution in [3.8, 4) is 0 Å². The van der Waals surface area contributed by atoms with Crippen LogP contribution in [0, 0.1) is 0 Å². The average Bonchev–Trinajstić information content (AvgIpc) is 2.74. The number of rotatable bonds is 11. The summed E-state index contributed by atoms with van der Waals surface area (Å²) in [5.41, 5.74) is 1.83. The molecule has 0 aliphatic rings. The van der Waals surface area contributed by atoms with Crippen LogP contribution in [0.2, 0.25) is 0 Å². The largest absolute Gasteiger partial charge is 0.385 e. The number of hydrogen-bond acceptors (Lipinski definition) is 4. The topological polar surface area (TPSA) is 78.5 Å². The van der Waals surface area contributed by atoms with Crippen LogP contribution in [-0.4, -0.2) is 44.8 Å². The zero-order valence-corrected chi connectivity index (χ0v) is 17.8. The van der Waals surface area contributed by atoms with Gasteiger partial charge in [0.15, 0.2) is 0 Å². The summed E-state index contributed by atoms with van der Waals surface area (Å²) >= 11 is 0. The predicted molar refractivity (Wildman–Crippen MR) is 118 cm³/mol. The summed E-state index contributed by atoms with van der Waals surface area (Å²) in [6.07, 6.45) is 3.94. The zero-order valence-electron chi connectivity index (χ0n) is 17.0. The molecule has 0 radical (unpaired) electrons. The minimum atomic E-state index is -3.46. The molecule has 0 spiro atoms. The highest BCUT2D eigenvalue weighted by Crippen LogP contribution is 2.16. The number of benzene rings is 2. The van der Waals surface area contributed by atoms with E-state index in [1.165, 1.54) is 10.4 Å². The fourth-order valence-corrected chi connectivity index (χ4v) is 4.24. The summed E-state index contributed by atoms with van der Waals surface area (Å²) in [5.74, 6) is -0.176. The Morgan fingerprint density at radius 2 is 1.62 bits per heavy atom. The van der Waals surface area contributed by atoms with Crippen LogP contribution >= 0.6 is 0 Å². The molecule has 7 heteroatoms. The highest BCUT2D eigenvalue weighted by molar-refractivity contribution is 7.89. The monoisotopic (exact) mass is 415 g/mol. The van der Waals surface area contributed by atoms with Gasteiger partial charge in [-0.1, -0.05) is 44.2 Å². The normalized spacial score (nSPS) is 11.7. The fraction of sp³-hybridized carbons (Fsp3) is 0.318. The number of para-hydroxylation sites is 1. The second-order valence-electron chi connectivity index (χ2n) is 6.43. The van der Waals surface area contributed by atoms with Gasteiger partial charge in [0.05, 0.1) is 4.90 Å². The third-order valence-corrected chi connectivity index (χ3v) is 6.47. The van der Waals surface area contributed by atoms with Gasteiger partial charge in [0, 0.05) is 37.9 Å². The van der Waals surface area contributed by atoms with Gasteiger partial charge in [0.1, 0.15) is 0 Å². The van der Waals surface area contributed by atoms with Crippen LogP contribution in [0.15, 0.2) is 65.6 Å². The number of nitrogens with zero attached hydrogens (tertiary/aromatic N) is 1. The molecule has 0 aromatic heterocycles. The van der Waals surface area contributed by atoms with Gasteiger partial charge in [-0.2, -0.15) is 4.31 Å². The van der Waals surface area contributed by atoms with Crippen molar-refractivity contribution in [3.63, 3.8) is 0 Å². The van der Waals surface area contributed by atoms with Crippen molar-refractivity contribution in [1.82, 2.24) is 9.62 Å². The van der Waals surface area contributed by atoms with Crippen LogP contribution in [0.1, 0.15) is 25.8 Å². The summed E-state index contributed by atoms with van der Waals surface area (Å²) in [4.78, 5) is 12.2. The van der Waals surface area contributed by atoms with E-state index in [-0.39, 0.29) is 10.8 Å². The Bertz CT molecular complexity index is 891. The number of anilines is 1. The molecule has 156 valence electrons. The zero-order chi connectivity index (χ0) is 21.1. The van der Waals surface area contributed by atoms with Gasteiger partial charge in [0.25, 0.3) is 0 Å². The van der Waals surface area contributed by atoms with Gasteiger partial charge < -0.3 is 10.6 Å². The number of carbonyl (C=O) groups is 1. The maximum absolute atomic E-state index is 12.5. The summed E-state index contributed by atoms with van der Waals surface area (Å²) in [7, 11) is -3.46. The molecule has 0 fully saturated rings. The lowest BCUT2D eigenvalue weighted by Gasteiger charge is -2.18. The van der Waals surface area contributed by atoms with Gasteiger partial charge in [-0.3, -0.25) is 4.79 Å². The summed E-state index contributed by atoms with van der Waals surface area (Å²) in [6.45, 7) is 5.84. The summed E-state index contributed by atoms with van der Waals surface area (Å²) in [5, 5.41) is 6.12. The lowest BCUT2D eigenvalue weighted by molar-refractivity contribution is -0.116. The maximum Gasteiger partial charge on any atom is 0.244 e. The molecular weight excluding hydrogens is 386 g/mol.